The normalized spacial score (nSPS) is 16.8. The Morgan fingerprint density at radius 3 is 1.73 bits per heavy atom. The first-order valence-corrected chi connectivity index (χ1v) is 6.70. The van der Waals surface area contributed by atoms with Gasteiger partial charge in [0.05, 0.1) is 0 Å². The molecule has 0 aliphatic rings. The SMILES string of the molecule is CC(C)CCC(C)CC(C)CC(C)(C)C. The number of rotatable bonds is 6. The standard InChI is InChI=1S/C15H32/c1-12(2)8-9-13(3)10-14(4)11-15(5,6)7/h12-14H,8-11H2,1-7H3. The highest BCUT2D eigenvalue weighted by molar-refractivity contribution is 4.68. The van der Waals surface area contributed by atoms with Gasteiger partial charge in [-0.3, -0.25) is 0 Å². The first-order valence-electron chi connectivity index (χ1n) is 6.70. The van der Waals surface area contributed by atoms with Crippen LogP contribution in [0.2, 0.25) is 0 Å². The molecule has 0 aliphatic heterocycles. The minimum Gasteiger partial charge on any atom is -0.0628 e. The Morgan fingerprint density at radius 1 is 0.800 bits per heavy atom. The van der Waals surface area contributed by atoms with Crippen LogP contribution in [-0.2, 0) is 0 Å². The molecule has 15 heavy (non-hydrogen) atoms. The van der Waals surface area contributed by atoms with E-state index in [0.29, 0.717) is 5.41 Å². The summed E-state index contributed by atoms with van der Waals surface area (Å²) >= 11 is 0. The highest BCUT2D eigenvalue weighted by Gasteiger charge is 2.17. The Labute approximate surface area is 97.8 Å². The summed E-state index contributed by atoms with van der Waals surface area (Å²) in [5.41, 5.74) is 0.497. The van der Waals surface area contributed by atoms with Crippen LogP contribution < -0.4 is 0 Å². The summed E-state index contributed by atoms with van der Waals surface area (Å²) in [7, 11) is 0. The monoisotopic (exact) mass is 212 g/mol. The van der Waals surface area contributed by atoms with Gasteiger partial charge in [-0.1, -0.05) is 61.3 Å². The fourth-order valence-corrected chi connectivity index (χ4v) is 2.55. The van der Waals surface area contributed by atoms with Crippen LogP contribution in [0.5, 0.6) is 0 Å². The summed E-state index contributed by atoms with van der Waals surface area (Å²) in [6.45, 7) is 16.5. The highest BCUT2D eigenvalue weighted by atomic mass is 14.2. The maximum Gasteiger partial charge on any atom is -0.0380 e. The zero-order valence-corrected chi connectivity index (χ0v) is 12.1. The van der Waals surface area contributed by atoms with Gasteiger partial charge in [0, 0.05) is 0 Å². The van der Waals surface area contributed by atoms with Gasteiger partial charge in [0.2, 0.25) is 0 Å². The van der Waals surface area contributed by atoms with Gasteiger partial charge < -0.3 is 0 Å². The second kappa shape index (κ2) is 6.55. The quantitative estimate of drug-likeness (QED) is 0.543. The summed E-state index contributed by atoms with van der Waals surface area (Å²) < 4.78 is 0. The zero-order valence-electron chi connectivity index (χ0n) is 12.1. The lowest BCUT2D eigenvalue weighted by atomic mass is 9.81. The number of hydrogen-bond donors (Lipinski definition) is 0. The molecule has 0 amide bonds. The van der Waals surface area contributed by atoms with Crippen LogP contribution >= 0.6 is 0 Å². The molecule has 0 aromatic rings. The van der Waals surface area contributed by atoms with Crippen molar-refractivity contribution in [2.24, 2.45) is 23.2 Å². The second-order valence-corrected chi connectivity index (χ2v) is 7.18. The molecular formula is C15H32. The third-order valence-corrected chi connectivity index (χ3v) is 3.00. The van der Waals surface area contributed by atoms with Crippen molar-refractivity contribution in [2.45, 2.75) is 74.1 Å². The van der Waals surface area contributed by atoms with E-state index in [2.05, 4.69) is 48.5 Å². The smallest absolute Gasteiger partial charge is 0.0380 e. The van der Waals surface area contributed by atoms with Crippen molar-refractivity contribution in [3.05, 3.63) is 0 Å². The summed E-state index contributed by atoms with van der Waals surface area (Å²) in [5.74, 6) is 2.65. The van der Waals surface area contributed by atoms with Gasteiger partial charge in [-0.2, -0.15) is 0 Å². The van der Waals surface area contributed by atoms with E-state index in [1.165, 1.54) is 25.7 Å². The molecule has 0 aromatic heterocycles. The molecule has 0 bridgehead atoms. The zero-order chi connectivity index (χ0) is 12.1. The first-order chi connectivity index (χ1) is 6.70. The lowest BCUT2D eigenvalue weighted by Gasteiger charge is -2.25. The van der Waals surface area contributed by atoms with Crippen LogP contribution in [0.3, 0.4) is 0 Å². The molecule has 0 heteroatoms. The Kier molecular flexibility index (Phi) is 6.55. The fourth-order valence-electron chi connectivity index (χ4n) is 2.55. The minimum absolute atomic E-state index is 0.497. The molecule has 0 aliphatic carbocycles. The summed E-state index contributed by atoms with van der Waals surface area (Å²) in [6.07, 6.45) is 5.57. The van der Waals surface area contributed by atoms with Gasteiger partial charge in [0.15, 0.2) is 0 Å². The van der Waals surface area contributed by atoms with Crippen LogP contribution in [0.25, 0.3) is 0 Å². The van der Waals surface area contributed by atoms with E-state index >= 15 is 0 Å². The first kappa shape index (κ1) is 15.0. The van der Waals surface area contributed by atoms with E-state index in [-0.39, 0.29) is 0 Å². The lowest BCUT2D eigenvalue weighted by Crippen LogP contribution is -2.13. The van der Waals surface area contributed by atoms with Crippen molar-refractivity contribution in [3.8, 4) is 0 Å². The Balaban J connectivity index is 3.71. The Hall–Kier alpha value is 0. The van der Waals surface area contributed by atoms with Crippen molar-refractivity contribution >= 4 is 0 Å². The molecule has 0 radical (unpaired) electrons. The van der Waals surface area contributed by atoms with E-state index in [9.17, 15) is 0 Å². The van der Waals surface area contributed by atoms with Crippen LogP contribution in [0.15, 0.2) is 0 Å². The molecule has 0 heterocycles. The van der Waals surface area contributed by atoms with Crippen molar-refractivity contribution in [3.63, 3.8) is 0 Å². The molecule has 0 fully saturated rings. The van der Waals surface area contributed by atoms with Gasteiger partial charge in [0.25, 0.3) is 0 Å². The van der Waals surface area contributed by atoms with E-state index < -0.39 is 0 Å². The van der Waals surface area contributed by atoms with Gasteiger partial charge in [-0.15, -0.1) is 0 Å². The average molecular weight is 212 g/mol. The molecule has 0 saturated carbocycles. The van der Waals surface area contributed by atoms with Gasteiger partial charge in [0.1, 0.15) is 0 Å². The van der Waals surface area contributed by atoms with Crippen molar-refractivity contribution < 1.29 is 0 Å². The maximum atomic E-state index is 2.42. The Morgan fingerprint density at radius 2 is 1.33 bits per heavy atom. The third kappa shape index (κ3) is 10.3. The average Bonchev–Trinajstić information content (AvgIpc) is 1.96. The summed E-state index contributed by atoms with van der Waals surface area (Å²) in [5, 5.41) is 0. The molecule has 0 aromatic carbocycles. The maximum absolute atomic E-state index is 2.42. The molecule has 92 valence electrons. The van der Waals surface area contributed by atoms with Crippen LogP contribution in [0.4, 0.5) is 0 Å². The topological polar surface area (TPSA) is 0 Å². The molecule has 2 atom stereocenters. The molecule has 0 nitrogen and oxygen atoms in total. The second-order valence-electron chi connectivity index (χ2n) is 7.18. The largest absolute Gasteiger partial charge is 0.0628 e. The lowest BCUT2D eigenvalue weighted by molar-refractivity contribution is 0.264. The summed E-state index contributed by atoms with van der Waals surface area (Å²) in [4.78, 5) is 0. The van der Waals surface area contributed by atoms with Gasteiger partial charge >= 0.3 is 0 Å². The van der Waals surface area contributed by atoms with Crippen molar-refractivity contribution in [2.75, 3.05) is 0 Å². The van der Waals surface area contributed by atoms with E-state index in [1.54, 1.807) is 0 Å². The molecule has 0 saturated heterocycles. The fraction of sp³-hybridized carbons (Fsp3) is 1.00. The van der Waals surface area contributed by atoms with E-state index in [0.717, 1.165) is 17.8 Å². The molecule has 0 N–H and O–H groups in total. The number of hydrogen-bond acceptors (Lipinski definition) is 0. The summed E-state index contributed by atoms with van der Waals surface area (Å²) in [6, 6.07) is 0. The van der Waals surface area contributed by atoms with Crippen molar-refractivity contribution in [1.29, 1.82) is 0 Å². The molecule has 0 spiro atoms. The van der Waals surface area contributed by atoms with Gasteiger partial charge in [-0.05, 0) is 36.0 Å². The minimum atomic E-state index is 0.497. The van der Waals surface area contributed by atoms with Crippen molar-refractivity contribution in [1.82, 2.24) is 0 Å². The predicted molar refractivity (Wildman–Crippen MR) is 71.1 cm³/mol. The molecule has 2 unspecified atom stereocenters. The predicted octanol–water partition coefficient (Wildman–Crippen LogP) is 5.52. The van der Waals surface area contributed by atoms with E-state index in [4.69, 9.17) is 0 Å². The van der Waals surface area contributed by atoms with Crippen LogP contribution in [0.1, 0.15) is 74.1 Å². The van der Waals surface area contributed by atoms with E-state index in [1.807, 2.05) is 0 Å². The molecular weight excluding hydrogens is 180 g/mol. The Bertz CT molecular complexity index is 150. The van der Waals surface area contributed by atoms with Gasteiger partial charge in [-0.25, -0.2) is 0 Å². The highest BCUT2D eigenvalue weighted by Crippen LogP contribution is 2.29. The van der Waals surface area contributed by atoms with Crippen LogP contribution in [0, 0.1) is 23.2 Å². The van der Waals surface area contributed by atoms with Crippen LogP contribution in [-0.4, -0.2) is 0 Å². The molecule has 0 rings (SSSR count). The third-order valence-electron chi connectivity index (χ3n) is 3.00.